The van der Waals surface area contributed by atoms with Gasteiger partial charge in [0, 0.05) is 13.6 Å². The predicted octanol–water partition coefficient (Wildman–Crippen LogP) is 2.29. The summed E-state index contributed by atoms with van der Waals surface area (Å²) in [7, 11) is 3.36. The van der Waals surface area contributed by atoms with Gasteiger partial charge in [0.15, 0.2) is 11.5 Å². The average molecular weight is 339 g/mol. The first-order valence-corrected chi connectivity index (χ1v) is 6.57. The molecule has 0 heterocycles. The topological polar surface area (TPSA) is 50.8 Å². The van der Waals surface area contributed by atoms with Gasteiger partial charge in [-0.1, -0.05) is 6.07 Å². The Bertz CT molecular complexity index is 475. The minimum Gasteiger partial charge on any atom is -0.490 e. The maximum atomic E-state index is 12.3. The Morgan fingerprint density at radius 1 is 1.36 bits per heavy atom. The summed E-state index contributed by atoms with van der Waals surface area (Å²) < 4.78 is 34.3. The molecule has 0 spiro atoms. The van der Waals surface area contributed by atoms with Crippen molar-refractivity contribution in [3.8, 4) is 11.5 Å². The zero-order chi connectivity index (χ0) is 15.8. The third kappa shape index (κ3) is 6.44. The number of carbonyl (C=O) groups excluding carboxylic acids is 1. The molecule has 0 aromatic heterocycles. The van der Waals surface area contributed by atoms with Crippen LogP contribution in [0.5, 0.6) is 11.5 Å². The second-order valence-corrected chi connectivity index (χ2v) is 4.37. The van der Waals surface area contributed by atoms with Gasteiger partial charge >= 0.3 is 6.61 Å². The molecule has 1 aromatic rings. The molecule has 1 aromatic carbocycles. The molecule has 0 radical (unpaired) electrons. The van der Waals surface area contributed by atoms with E-state index in [1.807, 2.05) is 0 Å². The minimum atomic E-state index is -2.91. The number of alkyl halides is 2. The second kappa shape index (κ2) is 10.2. The normalized spacial score (nSPS) is 10.1. The number of rotatable bonds is 8. The Hall–Kier alpha value is -1.60. The van der Waals surface area contributed by atoms with E-state index in [0.29, 0.717) is 13.2 Å². The lowest BCUT2D eigenvalue weighted by Gasteiger charge is -2.18. The lowest BCUT2D eigenvalue weighted by Crippen LogP contribution is -2.33. The lowest BCUT2D eigenvalue weighted by atomic mass is 10.2. The van der Waals surface area contributed by atoms with E-state index in [1.54, 1.807) is 33.2 Å². The largest absolute Gasteiger partial charge is 0.490 e. The Morgan fingerprint density at radius 2 is 2.05 bits per heavy atom. The maximum Gasteiger partial charge on any atom is 0.387 e. The zero-order valence-corrected chi connectivity index (χ0v) is 13.6. The molecule has 22 heavy (non-hydrogen) atoms. The van der Waals surface area contributed by atoms with Crippen LogP contribution in [0.4, 0.5) is 8.78 Å². The summed E-state index contributed by atoms with van der Waals surface area (Å²) >= 11 is 0. The Balaban J connectivity index is 0.00000441. The number of amides is 1. The molecule has 0 saturated heterocycles. The fourth-order valence-electron chi connectivity index (χ4n) is 1.76. The van der Waals surface area contributed by atoms with E-state index >= 15 is 0 Å². The lowest BCUT2D eigenvalue weighted by molar-refractivity contribution is -0.129. The molecule has 1 amide bonds. The van der Waals surface area contributed by atoms with E-state index in [9.17, 15) is 13.6 Å². The van der Waals surface area contributed by atoms with E-state index in [-0.39, 0.29) is 36.4 Å². The quantitative estimate of drug-likeness (QED) is 0.790. The molecule has 0 aliphatic heterocycles. The summed E-state index contributed by atoms with van der Waals surface area (Å²) in [6.07, 6.45) is 0. The van der Waals surface area contributed by atoms with Gasteiger partial charge in [0.25, 0.3) is 0 Å². The highest BCUT2D eigenvalue weighted by atomic mass is 35.5. The summed E-state index contributed by atoms with van der Waals surface area (Å²) in [4.78, 5) is 13.2. The van der Waals surface area contributed by atoms with Crippen molar-refractivity contribution in [2.75, 3.05) is 27.2 Å². The molecule has 0 bridgehead atoms. The summed E-state index contributed by atoms with van der Waals surface area (Å²) in [5, 5.41) is 2.78. The van der Waals surface area contributed by atoms with Gasteiger partial charge in [-0.2, -0.15) is 8.78 Å². The minimum absolute atomic E-state index is 0. The van der Waals surface area contributed by atoms with Crippen molar-refractivity contribution in [1.29, 1.82) is 0 Å². The molecule has 0 aliphatic carbocycles. The van der Waals surface area contributed by atoms with Crippen LogP contribution in [0, 0.1) is 0 Å². The Kier molecular flexibility index (Phi) is 9.44. The third-order valence-corrected chi connectivity index (χ3v) is 2.70. The number of nitrogens with zero attached hydrogens (tertiary/aromatic N) is 1. The molecule has 0 atom stereocenters. The van der Waals surface area contributed by atoms with Crippen LogP contribution in [0.2, 0.25) is 0 Å². The fourth-order valence-corrected chi connectivity index (χ4v) is 1.76. The summed E-state index contributed by atoms with van der Waals surface area (Å²) in [6, 6.07) is 4.65. The fraction of sp³-hybridized carbons (Fsp3) is 0.500. The van der Waals surface area contributed by atoms with E-state index < -0.39 is 6.61 Å². The van der Waals surface area contributed by atoms with Crippen molar-refractivity contribution < 1.29 is 23.0 Å². The predicted molar refractivity (Wildman–Crippen MR) is 81.9 cm³/mol. The summed E-state index contributed by atoms with van der Waals surface area (Å²) in [5.74, 6) is 0.160. The van der Waals surface area contributed by atoms with Gasteiger partial charge in [0.2, 0.25) is 5.91 Å². The van der Waals surface area contributed by atoms with Gasteiger partial charge in [-0.3, -0.25) is 4.79 Å². The number of carbonyl (C=O) groups is 1. The number of ether oxygens (including phenoxy) is 2. The Labute approximate surface area is 135 Å². The zero-order valence-electron chi connectivity index (χ0n) is 12.8. The van der Waals surface area contributed by atoms with Crippen LogP contribution >= 0.6 is 12.4 Å². The van der Waals surface area contributed by atoms with Crippen LogP contribution in [0.3, 0.4) is 0 Å². The van der Waals surface area contributed by atoms with Crippen LogP contribution in [-0.4, -0.2) is 44.7 Å². The van der Waals surface area contributed by atoms with E-state index in [0.717, 1.165) is 5.56 Å². The van der Waals surface area contributed by atoms with Crippen LogP contribution < -0.4 is 14.8 Å². The van der Waals surface area contributed by atoms with Crippen molar-refractivity contribution in [2.24, 2.45) is 0 Å². The van der Waals surface area contributed by atoms with Gasteiger partial charge < -0.3 is 19.7 Å². The van der Waals surface area contributed by atoms with E-state index in [1.165, 1.54) is 11.0 Å². The first-order chi connectivity index (χ1) is 9.97. The van der Waals surface area contributed by atoms with E-state index in [2.05, 4.69) is 10.1 Å². The number of benzene rings is 1. The van der Waals surface area contributed by atoms with Gasteiger partial charge in [-0.25, -0.2) is 0 Å². The molecule has 0 aliphatic rings. The molecular formula is C14H21ClF2N2O3. The highest BCUT2D eigenvalue weighted by molar-refractivity contribution is 5.85. The first-order valence-electron chi connectivity index (χ1n) is 6.57. The van der Waals surface area contributed by atoms with Gasteiger partial charge in [-0.05, 0) is 31.7 Å². The number of halogens is 3. The van der Waals surface area contributed by atoms with Gasteiger partial charge in [0.05, 0.1) is 13.2 Å². The third-order valence-electron chi connectivity index (χ3n) is 2.70. The summed E-state index contributed by atoms with van der Waals surface area (Å²) in [5.41, 5.74) is 0.770. The molecule has 5 nitrogen and oxygen atoms in total. The standard InChI is InChI=1S/C14H20F2N2O3.ClH/c1-4-20-12-7-10(5-6-11(12)21-14(15)16)9-18(3)13(19)8-17-2;/h5-7,14,17H,4,8-9H2,1-3H3;1H. The van der Waals surface area contributed by atoms with Gasteiger partial charge in [-0.15, -0.1) is 12.4 Å². The van der Waals surface area contributed by atoms with E-state index in [4.69, 9.17) is 4.74 Å². The monoisotopic (exact) mass is 338 g/mol. The highest BCUT2D eigenvalue weighted by Gasteiger charge is 2.13. The molecule has 0 fully saturated rings. The van der Waals surface area contributed by atoms with Gasteiger partial charge in [0.1, 0.15) is 0 Å². The number of hydrogen-bond acceptors (Lipinski definition) is 4. The molecule has 0 saturated carbocycles. The van der Waals surface area contributed by atoms with Crippen molar-refractivity contribution in [3.05, 3.63) is 23.8 Å². The molecule has 1 N–H and O–H groups in total. The second-order valence-electron chi connectivity index (χ2n) is 4.37. The van der Waals surface area contributed by atoms with Crippen LogP contribution in [-0.2, 0) is 11.3 Å². The SMILES string of the molecule is CCOc1cc(CN(C)C(=O)CNC)ccc1OC(F)F.Cl. The Morgan fingerprint density at radius 3 is 2.59 bits per heavy atom. The molecular weight excluding hydrogens is 318 g/mol. The first kappa shape index (κ1) is 20.4. The highest BCUT2D eigenvalue weighted by Crippen LogP contribution is 2.30. The van der Waals surface area contributed by atoms with Crippen LogP contribution in [0.15, 0.2) is 18.2 Å². The van der Waals surface area contributed by atoms with Crippen LogP contribution in [0.25, 0.3) is 0 Å². The molecule has 8 heteroatoms. The van der Waals surface area contributed by atoms with Crippen molar-refractivity contribution in [1.82, 2.24) is 10.2 Å². The number of hydrogen-bond donors (Lipinski definition) is 1. The smallest absolute Gasteiger partial charge is 0.387 e. The molecule has 0 unspecified atom stereocenters. The molecule has 1 rings (SSSR count). The maximum absolute atomic E-state index is 12.3. The molecule has 126 valence electrons. The van der Waals surface area contributed by atoms with Crippen molar-refractivity contribution >= 4 is 18.3 Å². The number of nitrogens with one attached hydrogen (secondary N) is 1. The van der Waals surface area contributed by atoms with Crippen molar-refractivity contribution in [3.63, 3.8) is 0 Å². The summed E-state index contributed by atoms with van der Waals surface area (Å²) in [6.45, 7) is -0.231. The average Bonchev–Trinajstić information content (AvgIpc) is 2.41. The van der Waals surface area contributed by atoms with Crippen molar-refractivity contribution in [2.45, 2.75) is 20.1 Å². The van der Waals surface area contributed by atoms with Crippen LogP contribution in [0.1, 0.15) is 12.5 Å². The number of likely N-dealkylation sites (N-methyl/N-ethyl adjacent to an activating group) is 2.